The average molecular weight is 227 g/mol. The second kappa shape index (κ2) is 7.63. The molecule has 1 rings (SSSR count). The number of carbonyl (C=O) groups excluding carboxylic acids is 1. The Bertz CT molecular complexity index is 198. The van der Waals surface area contributed by atoms with Crippen molar-refractivity contribution in [2.24, 2.45) is 0 Å². The van der Waals surface area contributed by atoms with Gasteiger partial charge in [-0.25, -0.2) is 0 Å². The van der Waals surface area contributed by atoms with Gasteiger partial charge in [-0.2, -0.15) is 0 Å². The molecule has 4 heteroatoms. The Balaban J connectivity index is 2.03. The molecule has 4 nitrogen and oxygen atoms in total. The van der Waals surface area contributed by atoms with Crippen molar-refractivity contribution in [3.63, 3.8) is 0 Å². The van der Waals surface area contributed by atoms with Gasteiger partial charge in [0.15, 0.2) is 0 Å². The summed E-state index contributed by atoms with van der Waals surface area (Å²) >= 11 is 0. The molecule has 0 bridgehead atoms. The van der Waals surface area contributed by atoms with Crippen molar-refractivity contribution in [3.8, 4) is 0 Å². The number of nitrogens with one attached hydrogen (secondary N) is 2. The van der Waals surface area contributed by atoms with Crippen molar-refractivity contribution < 1.29 is 4.79 Å². The first-order chi connectivity index (χ1) is 7.77. The third-order valence-electron chi connectivity index (χ3n) is 3.18. The van der Waals surface area contributed by atoms with Crippen molar-refractivity contribution in [1.82, 2.24) is 15.5 Å². The molecule has 1 aliphatic rings. The molecule has 2 N–H and O–H groups in total. The normalized spacial score (nSPS) is 20.0. The molecular weight excluding hydrogens is 202 g/mol. The fraction of sp³-hybridized carbons (Fsp3) is 0.917. The molecule has 16 heavy (non-hydrogen) atoms. The minimum Gasteiger partial charge on any atom is -0.343 e. The van der Waals surface area contributed by atoms with E-state index >= 15 is 0 Å². The van der Waals surface area contributed by atoms with Crippen LogP contribution in [0.3, 0.4) is 0 Å². The lowest BCUT2D eigenvalue weighted by atomic mass is 10.2. The van der Waals surface area contributed by atoms with Crippen LogP contribution in [0.4, 0.5) is 0 Å². The molecular formula is C12H25N3O. The van der Waals surface area contributed by atoms with Crippen LogP contribution >= 0.6 is 0 Å². The van der Waals surface area contributed by atoms with Crippen LogP contribution in [0.2, 0.25) is 0 Å². The minimum absolute atomic E-state index is 0.261. The Labute approximate surface area is 98.8 Å². The molecule has 1 amide bonds. The molecule has 0 aromatic carbocycles. The second-order valence-electron chi connectivity index (χ2n) is 4.31. The molecule has 0 aromatic heterocycles. The fourth-order valence-corrected chi connectivity index (χ4v) is 2.14. The van der Waals surface area contributed by atoms with Gasteiger partial charge in [0.25, 0.3) is 0 Å². The quantitative estimate of drug-likeness (QED) is 0.626. The van der Waals surface area contributed by atoms with Crippen molar-refractivity contribution in [3.05, 3.63) is 0 Å². The first-order valence-electron chi connectivity index (χ1n) is 6.49. The van der Waals surface area contributed by atoms with E-state index in [1.807, 2.05) is 18.7 Å². The molecule has 1 atom stereocenters. The smallest absolute Gasteiger partial charge is 0.223 e. The molecule has 0 aromatic rings. The molecule has 0 aliphatic carbocycles. The third-order valence-corrected chi connectivity index (χ3v) is 3.18. The van der Waals surface area contributed by atoms with Crippen LogP contribution in [0, 0.1) is 0 Å². The zero-order valence-electron chi connectivity index (χ0n) is 10.6. The van der Waals surface area contributed by atoms with Gasteiger partial charge >= 0.3 is 0 Å². The van der Waals surface area contributed by atoms with E-state index in [9.17, 15) is 4.79 Å². The standard InChI is InChI=1S/C12H25N3O/c1-3-15(4-2)12(16)7-9-13-10-11-6-5-8-14-11/h11,13-14H,3-10H2,1-2H3. The molecule has 0 spiro atoms. The highest BCUT2D eigenvalue weighted by molar-refractivity contribution is 5.76. The van der Waals surface area contributed by atoms with E-state index in [-0.39, 0.29) is 5.91 Å². The van der Waals surface area contributed by atoms with Gasteiger partial charge in [-0.3, -0.25) is 4.79 Å². The highest BCUT2D eigenvalue weighted by Crippen LogP contribution is 2.03. The van der Waals surface area contributed by atoms with Crippen LogP contribution in [0.15, 0.2) is 0 Å². The van der Waals surface area contributed by atoms with Gasteiger partial charge < -0.3 is 15.5 Å². The summed E-state index contributed by atoms with van der Waals surface area (Å²) in [6, 6.07) is 0.614. The van der Waals surface area contributed by atoms with Crippen molar-refractivity contribution in [1.29, 1.82) is 0 Å². The topological polar surface area (TPSA) is 44.4 Å². The second-order valence-corrected chi connectivity index (χ2v) is 4.31. The van der Waals surface area contributed by atoms with Crippen LogP contribution < -0.4 is 10.6 Å². The van der Waals surface area contributed by atoms with Crippen LogP contribution in [-0.2, 0) is 4.79 Å². The van der Waals surface area contributed by atoms with Gasteiger partial charge in [0.2, 0.25) is 5.91 Å². The maximum absolute atomic E-state index is 11.7. The Hall–Kier alpha value is -0.610. The summed E-state index contributed by atoms with van der Waals surface area (Å²) in [7, 11) is 0. The van der Waals surface area contributed by atoms with Crippen LogP contribution in [0.1, 0.15) is 33.1 Å². The van der Waals surface area contributed by atoms with E-state index in [0.29, 0.717) is 12.5 Å². The lowest BCUT2D eigenvalue weighted by molar-refractivity contribution is -0.130. The zero-order chi connectivity index (χ0) is 11.8. The highest BCUT2D eigenvalue weighted by Gasteiger charge is 2.13. The Morgan fingerprint density at radius 1 is 1.44 bits per heavy atom. The van der Waals surface area contributed by atoms with E-state index < -0.39 is 0 Å². The summed E-state index contributed by atoms with van der Waals surface area (Å²) < 4.78 is 0. The van der Waals surface area contributed by atoms with Crippen LogP contribution in [0.25, 0.3) is 0 Å². The molecule has 1 aliphatic heterocycles. The van der Waals surface area contributed by atoms with Crippen molar-refractivity contribution in [2.75, 3.05) is 32.7 Å². The van der Waals surface area contributed by atoms with Gasteiger partial charge in [-0.1, -0.05) is 0 Å². The van der Waals surface area contributed by atoms with E-state index in [1.54, 1.807) is 0 Å². The summed E-state index contributed by atoms with van der Waals surface area (Å²) in [6.07, 6.45) is 3.16. The van der Waals surface area contributed by atoms with Crippen molar-refractivity contribution in [2.45, 2.75) is 39.2 Å². The predicted octanol–water partition coefficient (Wildman–Crippen LogP) is 0.587. The molecule has 1 fully saturated rings. The Kier molecular flexibility index (Phi) is 6.42. The maximum atomic E-state index is 11.7. The molecule has 1 saturated heterocycles. The van der Waals surface area contributed by atoms with Gasteiger partial charge in [-0.05, 0) is 33.2 Å². The zero-order valence-corrected chi connectivity index (χ0v) is 10.6. The minimum atomic E-state index is 0.261. The van der Waals surface area contributed by atoms with Gasteiger partial charge in [0.1, 0.15) is 0 Å². The fourth-order valence-electron chi connectivity index (χ4n) is 2.14. The van der Waals surface area contributed by atoms with Crippen LogP contribution in [0.5, 0.6) is 0 Å². The summed E-state index contributed by atoms with van der Waals surface area (Å²) in [4.78, 5) is 13.6. The number of hydrogen-bond acceptors (Lipinski definition) is 3. The molecule has 1 unspecified atom stereocenters. The first kappa shape index (κ1) is 13.5. The average Bonchev–Trinajstić information content (AvgIpc) is 2.79. The lowest BCUT2D eigenvalue weighted by Gasteiger charge is -2.19. The molecule has 1 heterocycles. The summed E-state index contributed by atoms with van der Waals surface area (Å²) in [5, 5.41) is 6.78. The number of rotatable bonds is 7. The SMILES string of the molecule is CCN(CC)C(=O)CCNCC1CCCN1. The summed E-state index contributed by atoms with van der Waals surface area (Å²) in [6.45, 7) is 8.62. The third kappa shape index (κ3) is 4.49. The first-order valence-corrected chi connectivity index (χ1v) is 6.49. The molecule has 0 radical (unpaired) electrons. The maximum Gasteiger partial charge on any atom is 0.223 e. The van der Waals surface area contributed by atoms with Gasteiger partial charge in [0, 0.05) is 38.6 Å². The molecule has 94 valence electrons. The summed E-state index contributed by atoms with van der Waals surface area (Å²) in [5.74, 6) is 0.261. The number of hydrogen-bond donors (Lipinski definition) is 2. The summed E-state index contributed by atoms with van der Waals surface area (Å²) in [5.41, 5.74) is 0. The molecule has 0 saturated carbocycles. The lowest BCUT2D eigenvalue weighted by Crippen LogP contribution is -2.37. The van der Waals surface area contributed by atoms with Crippen LogP contribution in [-0.4, -0.2) is 49.6 Å². The van der Waals surface area contributed by atoms with Crippen molar-refractivity contribution >= 4 is 5.91 Å². The van der Waals surface area contributed by atoms with Gasteiger partial charge in [-0.15, -0.1) is 0 Å². The number of nitrogens with zero attached hydrogens (tertiary/aromatic N) is 1. The largest absolute Gasteiger partial charge is 0.343 e. The highest BCUT2D eigenvalue weighted by atomic mass is 16.2. The Morgan fingerprint density at radius 3 is 2.75 bits per heavy atom. The van der Waals surface area contributed by atoms with Gasteiger partial charge in [0.05, 0.1) is 0 Å². The van der Waals surface area contributed by atoms with E-state index in [4.69, 9.17) is 0 Å². The van der Waals surface area contributed by atoms with E-state index in [1.165, 1.54) is 12.8 Å². The van der Waals surface area contributed by atoms with E-state index in [2.05, 4.69) is 10.6 Å². The monoisotopic (exact) mass is 227 g/mol. The Morgan fingerprint density at radius 2 is 2.19 bits per heavy atom. The van der Waals surface area contributed by atoms with E-state index in [0.717, 1.165) is 32.7 Å². The number of amides is 1. The number of carbonyl (C=O) groups is 1. The predicted molar refractivity (Wildman–Crippen MR) is 66.4 cm³/mol.